The summed E-state index contributed by atoms with van der Waals surface area (Å²) in [7, 11) is 0. The smallest absolute Gasteiger partial charge is 0.324 e. The summed E-state index contributed by atoms with van der Waals surface area (Å²) in [5, 5.41) is 0. The van der Waals surface area contributed by atoms with Crippen molar-refractivity contribution < 1.29 is 9.59 Å². The molecule has 2 aliphatic rings. The van der Waals surface area contributed by atoms with Crippen molar-refractivity contribution in [2.75, 3.05) is 11.5 Å². The highest BCUT2D eigenvalue weighted by molar-refractivity contribution is 7.99. The van der Waals surface area contributed by atoms with Crippen LogP contribution in [0, 0.1) is 29.2 Å². The van der Waals surface area contributed by atoms with Crippen LogP contribution in [0.4, 0.5) is 0 Å². The second-order valence-electron chi connectivity index (χ2n) is 9.26. The molecule has 1 amide bonds. The molecule has 0 heterocycles. The first-order valence-electron chi connectivity index (χ1n) is 11.2. The Kier molecular flexibility index (Phi) is 9.13. The number of thioether (sulfide) groups is 1. The summed E-state index contributed by atoms with van der Waals surface area (Å²) in [5.74, 6) is 0.824. The van der Waals surface area contributed by atoms with E-state index in [0.717, 1.165) is 42.8 Å². The number of amides is 1. The van der Waals surface area contributed by atoms with Crippen LogP contribution < -0.4 is 5.73 Å². The van der Waals surface area contributed by atoms with Gasteiger partial charge in [0.2, 0.25) is 0 Å². The van der Waals surface area contributed by atoms with Gasteiger partial charge in [-0.25, -0.2) is 0 Å². The van der Waals surface area contributed by atoms with Gasteiger partial charge < -0.3 is 5.73 Å². The van der Waals surface area contributed by atoms with E-state index < -0.39 is 5.92 Å². The zero-order valence-corrected chi connectivity index (χ0v) is 20.4. The minimum atomic E-state index is -0.464. The minimum absolute atomic E-state index is 0.00346. The van der Waals surface area contributed by atoms with Crippen LogP contribution in [0.3, 0.4) is 0 Å². The fourth-order valence-electron chi connectivity index (χ4n) is 4.19. The maximum atomic E-state index is 12.5. The summed E-state index contributed by atoms with van der Waals surface area (Å²) in [6, 6.07) is 2.87. The van der Waals surface area contributed by atoms with Gasteiger partial charge in [-0.05, 0) is 76.0 Å². The number of allylic oxidation sites excluding steroid dienone is 3. The summed E-state index contributed by atoms with van der Waals surface area (Å²) in [6.07, 6.45) is 13.7. The van der Waals surface area contributed by atoms with E-state index in [9.17, 15) is 9.59 Å². The van der Waals surface area contributed by atoms with Crippen molar-refractivity contribution in [2.24, 2.45) is 28.9 Å². The molecule has 2 N–H and O–H groups in total. The van der Waals surface area contributed by atoms with E-state index in [0.29, 0.717) is 0 Å². The van der Waals surface area contributed by atoms with Gasteiger partial charge in [-0.15, -0.1) is 5.73 Å². The van der Waals surface area contributed by atoms with Crippen molar-refractivity contribution in [3.8, 4) is 6.07 Å². The summed E-state index contributed by atoms with van der Waals surface area (Å²) < 4.78 is 0. The van der Waals surface area contributed by atoms with E-state index in [4.69, 9.17) is 5.73 Å². The Morgan fingerprint density at radius 2 is 2.16 bits per heavy atom. The van der Waals surface area contributed by atoms with E-state index in [1.54, 1.807) is 6.92 Å². The third-order valence-electron chi connectivity index (χ3n) is 6.64. The van der Waals surface area contributed by atoms with Gasteiger partial charge in [0.05, 0.1) is 0 Å². The number of nitrogens with zero attached hydrogens (tertiary/aromatic N) is 1. The van der Waals surface area contributed by atoms with E-state index in [2.05, 4.69) is 35.7 Å². The lowest BCUT2D eigenvalue weighted by Gasteiger charge is -2.17. The molecule has 2 aliphatic carbocycles. The molecule has 0 spiro atoms. The van der Waals surface area contributed by atoms with Crippen LogP contribution in [-0.4, -0.2) is 28.7 Å². The van der Waals surface area contributed by atoms with Crippen molar-refractivity contribution in [1.29, 1.82) is 0 Å². The second-order valence-corrected chi connectivity index (χ2v) is 10.4. The third kappa shape index (κ3) is 6.81. The lowest BCUT2D eigenvalue weighted by atomic mass is 9.93. The van der Waals surface area contributed by atoms with Crippen LogP contribution in [-0.2, 0) is 9.59 Å². The van der Waals surface area contributed by atoms with E-state index >= 15 is 0 Å². The minimum Gasteiger partial charge on any atom is -0.324 e. The van der Waals surface area contributed by atoms with Gasteiger partial charge in [0, 0.05) is 15.8 Å². The molecule has 0 radical (unpaired) electrons. The van der Waals surface area contributed by atoms with Crippen LogP contribution in [0.15, 0.2) is 41.7 Å². The SMILES string of the molecule is C/C=C\[C@@]1(C)CC1(N)CCSCC(C)C(C#[N+]C(=O)[C@H](C)C1=CC=C=CCC1)C(C)=O. The highest BCUT2D eigenvalue weighted by atomic mass is 32.2. The molecular weight excluding hydrogens is 404 g/mol. The van der Waals surface area contributed by atoms with Gasteiger partial charge in [-0.2, -0.15) is 16.6 Å². The molecule has 0 aliphatic heterocycles. The highest BCUT2D eigenvalue weighted by Gasteiger charge is 2.59. The lowest BCUT2D eigenvalue weighted by Crippen LogP contribution is -2.29. The zero-order valence-electron chi connectivity index (χ0n) is 19.6. The molecule has 0 saturated heterocycles. The van der Waals surface area contributed by atoms with Crippen LogP contribution in [0.2, 0.25) is 0 Å². The fraction of sp³-hybridized carbons (Fsp3) is 0.615. The molecule has 2 rings (SSSR count). The third-order valence-corrected chi connectivity index (χ3v) is 7.89. The Morgan fingerprint density at radius 1 is 1.42 bits per heavy atom. The summed E-state index contributed by atoms with van der Waals surface area (Å²) in [4.78, 5) is 28.8. The predicted octanol–water partition coefficient (Wildman–Crippen LogP) is 5.56. The van der Waals surface area contributed by atoms with Gasteiger partial charge in [0.1, 0.15) is 5.92 Å². The number of hydrogen-bond acceptors (Lipinski definition) is 4. The number of rotatable bonds is 10. The first-order chi connectivity index (χ1) is 14.6. The maximum Gasteiger partial charge on any atom is 0.521 e. The van der Waals surface area contributed by atoms with Crippen LogP contribution in [0.1, 0.15) is 60.3 Å². The second kappa shape index (κ2) is 11.1. The standard InChI is InChI=1S/C26H37N2O2S/c1-6-13-25(5)18-26(25,27)14-15-31-17-19(2)23(21(4)29)16-28-24(30)20(3)22-11-9-7-8-10-12-22/h6-7,10,12-13,19-20,23H,9,11,14-15,17-18,27H2,1-5H3/q+1/b13-6-/t19?,20-,23?,25+,26?/m1/s1. The topological polar surface area (TPSA) is 64.5 Å². The van der Waals surface area contributed by atoms with E-state index in [-0.39, 0.29) is 34.5 Å². The molecule has 168 valence electrons. The van der Waals surface area contributed by atoms with Crippen molar-refractivity contribution in [3.05, 3.63) is 46.5 Å². The fourth-order valence-corrected chi connectivity index (χ4v) is 5.43. The van der Waals surface area contributed by atoms with Gasteiger partial charge in [0.15, 0.2) is 11.7 Å². The normalized spacial score (nSPS) is 27.6. The van der Waals surface area contributed by atoms with Gasteiger partial charge in [-0.3, -0.25) is 4.79 Å². The number of nitrogens with two attached hydrogens (primary N) is 1. The Balaban J connectivity index is 1.87. The largest absolute Gasteiger partial charge is 0.521 e. The molecule has 0 aromatic rings. The quantitative estimate of drug-likeness (QED) is 0.274. The Labute approximate surface area is 191 Å². The molecule has 0 aromatic carbocycles. The van der Waals surface area contributed by atoms with Crippen molar-refractivity contribution in [1.82, 2.24) is 0 Å². The number of ketones is 1. The number of carbonyl (C=O) groups excluding carboxylic acids is 2. The first-order valence-corrected chi connectivity index (χ1v) is 12.4. The summed E-state index contributed by atoms with van der Waals surface area (Å²) in [5.41, 5.74) is 10.6. The monoisotopic (exact) mass is 441 g/mol. The van der Waals surface area contributed by atoms with Crippen LogP contribution in [0.25, 0.3) is 4.85 Å². The van der Waals surface area contributed by atoms with Crippen molar-refractivity contribution in [2.45, 2.75) is 65.8 Å². The van der Waals surface area contributed by atoms with Gasteiger partial charge >= 0.3 is 5.91 Å². The molecule has 5 heteroatoms. The highest BCUT2D eigenvalue weighted by Crippen LogP contribution is 2.57. The zero-order chi connectivity index (χ0) is 23.1. The molecule has 1 saturated carbocycles. The molecule has 4 nitrogen and oxygen atoms in total. The number of Topliss-reactive ketones (excluding diaryl/α,β-unsaturated/α-hetero) is 1. The summed E-state index contributed by atoms with van der Waals surface area (Å²) in [6.45, 7) is 9.69. The first kappa shape index (κ1) is 25.4. The average molecular weight is 442 g/mol. The molecule has 5 atom stereocenters. The molecule has 1 fully saturated rings. The molecular formula is C26H37N2O2S+. The Hall–Kier alpha value is -1.86. The predicted molar refractivity (Wildman–Crippen MR) is 131 cm³/mol. The molecule has 3 unspecified atom stereocenters. The van der Waals surface area contributed by atoms with Crippen molar-refractivity contribution in [3.63, 3.8) is 0 Å². The van der Waals surface area contributed by atoms with Crippen LogP contribution in [0.5, 0.6) is 0 Å². The Morgan fingerprint density at radius 3 is 2.84 bits per heavy atom. The van der Waals surface area contributed by atoms with E-state index in [1.165, 1.54) is 0 Å². The van der Waals surface area contributed by atoms with E-state index in [1.807, 2.05) is 50.8 Å². The molecule has 31 heavy (non-hydrogen) atoms. The lowest BCUT2D eigenvalue weighted by molar-refractivity contribution is -0.120. The summed E-state index contributed by atoms with van der Waals surface area (Å²) >= 11 is 1.81. The van der Waals surface area contributed by atoms with Crippen LogP contribution >= 0.6 is 11.8 Å². The number of hydrogen-bond donors (Lipinski definition) is 1. The average Bonchev–Trinajstić information content (AvgIpc) is 3.36. The molecule has 0 aromatic heterocycles. The van der Waals surface area contributed by atoms with Crippen molar-refractivity contribution >= 4 is 23.5 Å². The molecule has 0 bridgehead atoms. The van der Waals surface area contributed by atoms with Gasteiger partial charge in [0.25, 0.3) is 6.07 Å². The number of carbonyl (C=O) groups is 2. The maximum absolute atomic E-state index is 12.5. The van der Waals surface area contributed by atoms with Gasteiger partial charge in [-0.1, -0.05) is 37.6 Å². The Bertz CT molecular complexity index is 872.